The van der Waals surface area contributed by atoms with Gasteiger partial charge in [0.25, 0.3) is 0 Å². The van der Waals surface area contributed by atoms with Crippen molar-refractivity contribution in [3.05, 3.63) is 29.1 Å². The number of carbonyl (C=O) groups is 1. The molecule has 0 bridgehead atoms. The number of rotatable bonds is 3. The number of carbonyl (C=O) groups excluding carboxylic acids is 1. The minimum absolute atomic E-state index is 0.0939. The van der Waals surface area contributed by atoms with Gasteiger partial charge in [-0.05, 0) is 6.07 Å². The van der Waals surface area contributed by atoms with Crippen molar-refractivity contribution in [3.63, 3.8) is 0 Å². The van der Waals surface area contributed by atoms with Crippen LogP contribution in [0.15, 0.2) is 18.3 Å². The van der Waals surface area contributed by atoms with Crippen molar-refractivity contribution < 1.29 is 4.79 Å². The standard InChI is InChI=1S/C10H11ClN2OS/c1-7(14)15-4-2-3-8-5-9(12)6-13-10(8)11/h2-3,5-6H,4,12H2,1H3. The van der Waals surface area contributed by atoms with Crippen LogP contribution in [0.5, 0.6) is 0 Å². The van der Waals surface area contributed by atoms with Crippen molar-refractivity contribution in [2.24, 2.45) is 0 Å². The molecular formula is C10H11ClN2OS. The highest BCUT2D eigenvalue weighted by Gasteiger charge is 1.98. The number of thioether (sulfide) groups is 1. The first-order valence-corrected chi connectivity index (χ1v) is 5.67. The molecule has 0 radical (unpaired) electrons. The first kappa shape index (κ1) is 12.1. The molecule has 0 aliphatic heterocycles. The summed E-state index contributed by atoms with van der Waals surface area (Å²) in [6, 6.07) is 1.74. The predicted molar refractivity (Wildman–Crippen MR) is 65.8 cm³/mol. The summed E-state index contributed by atoms with van der Waals surface area (Å²) < 4.78 is 0. The lowest BCUT2D eigenvalue weighted by atomic mass is 10.2. The van der Waals surface area contributed by atoms with Gasteiger partial charge in [0.2, 0.25) is 0 Å². The van der Waals surface area contributed by atoms with Crippen LogP contribution in [0.4, 0.5) is 5.69 Å². The smallest absolute Gasteiger partial charge is 0.186 e. The maximum atomic E-state index is 10.6. The lowest BCUT2D eigenvalue weighted by molar-refractivity contribution is -0.109. The van der Waals surface area contributed by atoms with Crippen LogP contribution in [0.3, 0.4) is 0 Å². The molecule has 1 heterocycles. The Kier molecular flexibility index (Phi) is 4.65. The molecular weight excluding hydrogens is 232 g/mol. The second-order valence-electron chi connectivity index (χ2n) is 2.85. The Bertz CT molecular complexity index is 393. The van der Waals surface area contributed by atoms with Crippen LogP contribution >= 0.6 is 23.4 Å². The molecule has 0 amide bonds. The highest BCUT2D eigenvalue weighted by atomic mass is 35.5. The van der Waals surface area contributed by atoms with Crippen molar-refractivity contribution in [3.8, 4) is 0 Å². The van der Waals surface area contributed by atoms with Crippen molar-refractivity contribution in [1.82, 2.24) is 4.98 Å². The average molecular weight is 243 g/mol. The van der Waals surface area contributed by atoms with Gasteiger partial charge in [0.05, 0.1) is 11.9 Å². The van der Waals surface area contributed by atoms with Gasteiger partial charge in [0.15, 0.2) is 5.12 Å². The summed E-state index contributed by atoms with van der Waals surface area (Å²) in [7, 11) is 0. The first-order valence-electron chi connectivity index (χ1n) is 4.30. The topological polar surface area (TPSA) is 56.0 Å². The number of pyridine rings is 1. The molecule has 1 rings (SSSR count). The van der Waals surface area contributed by atoms with Crippen LogP contribution in [0.1, 0.15) is 12.5 Å². The fourth-order valence-corrected chi connectivity index (χ4v) is 1.53. The zero-order chi connectivity index (χ0) is 11.3. The van der Waals surface area contributed by atoms with E-state index in [4.69, 9.17) is 17.3 Å². The van der Waals surface area contributed by atoms with Crippen LogP contribution < -0.4 is 5.73 Å². The average Bonchev–Trinajstić information content (AvgIpc) is 2.17. The third kappa shape index (κ3) is 4.36. The Labute approximate surface area is 97.7 Å². The van der Waals surface area contributed by atoms with E-state index in [9.17, 15) is 4.79 Å². The summed E-state index contributed by atoms with van der Waals surface area (Å²) in [5, 5.41) is 0.504. The van der Waals surface area contributed by atoms with E-state index in [1.54, 1.807) is 6.07 Å². The number of anilines is 1. The van der Waals surface area contributed by atoms with Gasteiger partial charge >= 0.3 is 0 Å². The van der Waals surface area contributed by atoms with E-state index >= 15 is 0 Å². The Morgan fingerprint density at radius 3 is 3.13 bits per heavy atom. The minimum atomic E-state index is 0.0939. The molecule has 0 aliphatic carbocycles. The van der Waals surface area contributed by atoms with Gasteiger partial charge in [-0.1, -0.05) is 35.5 Å². The number of halogens is 1. The summed E-state index contributed by atoms with van der Waals surface area (Å²) in [4.78, 5) is 14.6. The highest BCUT2D eigenvalue weighted by molar-refractivity contribution is 8.13. The molecule has 0 aliphatic rings. The van der Waals surface area contributed by atoms with E-state index in [0.29, 0.717) is 16.6 Å². The van der Waals surface area contributed by atoms with Gasteiger partial charge in [0.1, 0.15) is 5.15 Å². The molecule has 0 fully saturated rings. The van der Waals surface area contributed by atoms with Crippen molar-refractivity contribution in [2.75, 3.05) is 11.5 Å². The van der Waals surface area contributed by atoms with E-state index in [2.05, 4.69) is 4.98 Å². The summed E-state index contributed by atoms with van der Waals surface area (Å²) in [5.41, 5.74) is 6.90. The van der Waals surface area contributed by atoms with E-state index in [1.807, 2.05) is 12.2 Å². The van der Waals surface area contributed by atoms with Crippen LogP contribution in [-0.4, -0.2) is 15.9 Å². The van der Waals surface area contributed by atoms with Crippen molar-refractivity contribution in [1.29, 1.82) is 0 Å². The summed E-state index contributed by atoms with van der Waals surface area (Å²) in [5.74, 6) is 0.625. The molecule has 0 saturated carbocycles. The van der Waals surface area contributed by atoms with Crippen LogP contribution in [0, 0.1) is 0 Å². The zero-order valence-corrected chi connectivity index (χ0v) is 9.81. The Morgan fingerprint density at radius 1 is 1.73 bits per heavy atom. The van der Waals surface area contributed by atoms with Gasteiger partial charge in [-0.25, -0.2) is 4.98 Å². The second-order valence-corrected chi connectivity index (χ2v) is 4.41. The predicted octanol–water partition coefficient (Wildman–Crippen LogP) is 2.61. The number of nitrogens with two attached hydrogens (primary N) is 1. The van der Waals surface area contributed by atoms with E-state index in [0.717, 1.165) is 5.56 Å². The molecule has 1 aromatic rings. The molecule has 0 atom stereocenters. The molecule has 1 aromatic heterocycles. The third-order valence-corrected chi connectivity index (χ3v) is 2.65. The molecule has 0 spiro atoms. The quantitative estimate of drug-likeness (QED) is 0.828. The Balaban J connectivity index is 2.63. The van der Waals surface area contributed by atoms with Gasteiger partial charge in [0, 0.05) is 18.2 Å². The number of nitrogen functional groups attached to an aromatic ring is 1. The van der Waals surface area contributed by atoms with Gasteiger partial charge in [-0.2, -0.15) is 0 Å². The maximum absolute atomic E-state index is 10.6. The zero-order valence-electron chi connectivity index (χ0n) is 8.24. The lowest BCUT2D eigenvalue weighted by Crippen LogP contribution is -1.89. The molecule has 15 heavy (non-hydrogen) atoms. The van der Waals surface area contributed by atoms with Crippen molar-refractivity contribution >= 4 is 40.2 Å². The molecule has 80 valence electrons. The van der Waals surface area contributed by atoms with Crippen LogP contribution in [0.25, 0.3) is 6.08 Å². The van der Waals surface area contributed by atoms with E-state index in [1.165, 1.54) is 24.9 Å². The summed E-state index contributed by atoms with van der Waals surface area (Å²) in [6.07, 6.45) is 5.17. The molecule has 0 aromatic carbocycles. The second kappa shape index (κ2) is 5.78. The lowest BCUT2D eigenvalue weighted by Gasteiger charge is -1.98. The normalized spacial score (nSPS) is 10.8. The number of hydrogen-bond acceptors (Lipinski definition) is 4. The van der Waals surface area contributed by atoms with Crippen LogP contribution in [-0.2, 0) is 4.79 Å². The molecule has 2 N–H and O–H groups in total. The number of aromatic nitrogens is 1. The minimum Gasteiger partial charge on any atom is -0.397 e. The summed E-state index contributed by atoms with van der Waals surface area (Å²) in [6.45, 7) is 1.54. The number of hydrogen-bond donors (Lipinski definition) is 1. The molecule has 5 heteroatoms. The highest BCUT2D eigenvalue weighted by Crippen LogP contribution is 2.17. The van der Waals surface area contributed by atoms with Gasteiger partial charge in [-0.15, -0.1) is 0 Å². The SMILES string of the molecule is CC(=O)SCC=Cc1cc(N)cnc1Cl. The monoisotopic (exact) mass is 242 g/mol. The maximum Gasteiger partial charge on any atom is 0.186 e. The Morgan fingerprint density at radius 2 is 2.47 bits per heavy atom. The largest absolute Gasteiger partial charge is 0.397 e. The molecule has 0 saturated heterocycles. The van der Waals surface area contributed by atoms with Gasteiger partial charge in [-0.3, -0.25) is 4.79 Å². The number of nitrogens with zero attached hydrogens (tertiary/aromatic N) is 1. The molecule has 0 unspecified atom stereocenters. The Hall–Kier alpha value is -1.00. The first-order chi connectivity index (χ1) is 7.09. The van der Waals surface area contributed by atoms with Gasteiger partial charge < -0.3 is 5.73 Å². The summed E-state index contributed by atoms with van der Waals surface area (Å²) >= 11 is 7.09. The fraction of sp³-hybridized carbons (Fsp3) is 0.200. The third-order valence-electron chi connectivity index (χ3n) is 1.57. The van der Waals surface area contributed by atoms with E-state index < -0.39 is 0 Å². The van der Waals surface area contributed by atoms with E-state index in [-0.39, 0.29) is 5.12 Å². The van der Waals surface area contributed by atoms with Crippen molar-refractivity contribution in [2.45, 2.75) is 6.92 Å². The fourth-order valence-electron chi connectivity index (χ4n) is 0.940. The molecule has 3 nitrogen and oxygen atoms in total. The van der Waals surface area contributed by atoms with Crippen LogP contribution in [0.2, 0.25) is 5.15 Å².